The van der Waals surface area contributed by atoms with Crippen LogP contribution in [-0.2, 0) is 4.79 Å². The summed E-state index contributed by atoms with van der Waals surface area (Å²) >= 11 is 0. The number of ketones is 1. The summed E-state index contributed by atoms with van der Waals surface area (Å²) in [6.45, 7) is 6.91. The molecule has 2 unspecified atom stereocenters. The Morgan fingerprint density at radius 1 is 1.09 bits per heavy atom. The van der Waals surface area contributed by atoms with Crippen LogP contribution in [0.1, 0.15) is 65.7 Å². The second-order valence-electron chi connectivity index (χ2n) is 9.00. The summed E-state index contributed by atoms with van der Waals surface area (Å²) in [6.07, 6.45) is 9.75. The zero-order valence-corrected chi connectivity index (χ0v) is 14.3. The molecule has 4 aliphatic carbocycles. The number of aliphatic hydroxyl groups is 1. The highest BCUT2D eigenvalue weighted by Crippen LogP contribution is 2.64. The summed E-state index contributed by atoms with van der Waals surface area (Å²) in [6, 6.07) is 0. The van der Waals surface area contributed by atoms with Crippen LogP contribution in [0, 0.1) is 34.5 Å². The number of hydrogen-bond donors (Lipinski definition) is 1. The van der Waals surface area contributed by atoms with E-state index in [9.17, 15) is 9.90 Å². The Morgan fingerprint density at radius 2 is 1.77 bits per heavy atom. The lowest BCUT2D eigenvalue weighted by atomic mass is 9.47. The summed E-state index contributed by atoms with van der Waals surface area (Å²) in [5, 5.41) is 10.3. The molecule has 0 aromatic carbocycles. The van der Waals surface area contributed by atoms with E-state index >= 15 is 0 Å². The van der Waals surface area contributed by atoms with Gasteiger partial charge in [-0.1, -0.05) is 32.4 Å². The first kappa shape index (κ1) is 14.9. The maximum Gasteiger partial charge on any atom is 0.139 e. The van der Waals surface area contributed by atoms with Crippen LogP contribution in [0.5, 0.6) is 0 Å². The second kappa shape index (κ2) is 4.69. The first-order chi connectivity index (χ1) is 10.4. The molecule has 3 saturated carbocycles. The van der Waals surface area contributed by atoms with Gasteiger partial charge in [0.2, 0.25) is 0 Å². The fraction of sp³-hybridized carbons (Fsp3) is 0.850. The number of rotatable bonds is 0. The average Bonchev–Trinajstić information content (AvgIpc) is 2.79. The molecule has 0 radical (unpaired) electrons. The van der Waals surface area contributed by atoms with Crippen molar-refractivity contribution in [1.82, 2.24) is 0 Å². The van der Waals surface area contributed by atoms with Gasteiger partial charge < -0.3 is 5.11 Å². The molecular formula is C20H30O2. The van der Waals surface area contributed by atoms with Gasteiger partial charge in [-0.05, 0) is 61.7 Å². The quantitative estimate of drug-likeness (QED) is 0.683. The fourth-order valence-electron chi connectivity index (χ4n) is 6.83. The molecule has 0 spiro atoms. The highest BCUT2D eigenvalue weighted by Gasteiger charge is 2.59. The predicted octanol–water partition coefficient (Wildman–Crippen LogP) is 4.13. The Morgan fingerprint density at radius 3 is 2.55 bits per heavy atom. The molecule has 7 atom stereocenters. The largest absolute Gasteiger partial charge is 0.393 e. The van der Waals surface area contributed by atoms with Crippen LogP contribution in [-0.4, -0.2) is 17.0 Å². The predicted molar refractivity (Wildman–Crippen MR) is 87.3 cm³/mol. The second-order valence-corrected chi connectivity index (χ2v) is 9.00. The molecule has 2 nitrogen and oxygen atoms in total. The molecule has 4 rings (SSSR count). The molecule has 1 N–H and O–H groups in total. The normalized spacial score (nSPS) is 54.3. The minimum Gasteiger partial charge on any atom is -0.393 e. The van der Waals surface area contributed by atoms with Gasteiger partial charge in [-0.25, -0.2) is 0 Å². The molecule has 0 aromatic heterocycles. The fourth-order valence-corrected chi connectivity index (χ4v) is 6.83. The summed E-state index contributed by atoms with van der Waals surface area (Å²) in [5.74, 6) is 2.88. The van der Waals surface area contributed by atoms with Gasteiger partial charge in [0.25, 0.3) is 0 Å². The third kappa shape index (κ3) is 1.74. The number of fused-ring (bicyclic) bond motifs is 5. The van der Waals surface area contributed by atoms with E-state index in [-0.39, 0.29) is 16.9 Å². The van der Waals surface area contributed by atoms with Crippen LogP contribution in [0.25, 0.3) is 0 Å². The molecule has 0 aliphatic heterocycles. The van der Waals surface area contributed by atoms with E-state index in [1.54, 1.807) is 0 Å². The smallest absolute Gasteiger partial charge is 0.139 e. The van der Waals surface area contributed by atoms with Crippen molar-refractivity contribution in [1.29, 1.82) is 0 Å². The van der Waals surface area contributed by atoms with E-state index in [0.29, 0.717) is 23.5 Å². The monoisotopic (exact) mass is 302 g/mol. The lowest BCUT2D eigenvalue weighted by molar-refractivity contribution is -0.132. The number of carbonyl (C=O) groups excluding carboxylic acids is 1. The third-order valence-electron chi connectivity index (χ3n) is 8.26. The molecule has 22 heavy (non-hydrogen) atoms. The summed E-state index contributed by atoms with van der Waals surface area (Å²) < 4.78 is 0. The number of allylic oxidation sites excluding steroid dienone is 1. The van der Waals surface area contributed by atoms with Gasteiger partial charge in [-0.3, -0.25) is 4.79 Å². The summed E-state index contributed by atoms with van der Waals surface area (Å²) in [5.41, 5.74) is 1.78. The van der Waals surface area contributed by atoms with E-state index in [0.717, 1.165) is 44.4 Å². The Kier molecular flexibility index (Phi) is 3.18. The lowest BCUT2D eigenvalue weighted by Gasteiger charge is -2.58. The maximum atomic E-state index is 12.4. The minimum atomic E-state index is -0.155. The Balaban J connectivity index is 1.71. The molecule has 122 valence electrons. The van der Waals surface area contributed by atoms with Gasteiger partial charge in [0.15, 0.2) is 0 Å². The van der Waals surface area contributed by atoms with E-state index in [2.05, 4.69) is 26.8 Å². The first-order valence-electron chi connectivity index (χ1n) is 9.30. The third-order valence-corrected chi connectivity index (χ3v) is 8.26. The molecule has 0 amide bonds. The number of hydrogen-bond acceptors (Lipinski definition) is 2. The van der Waals surface area contributed by atoms with E-state index < -0.39 is 0 Å². The molecule has 2 heteroatoms. The van der Waals surface area contributed by atoms with Crippen molar-refractivity contribution < 1.29 is 9.90 Å². The van der Waals surface area contributed by atoms with Crippen LogP contribution in [0.2, 0.25) is 0 Å². The van der Waals surface area contributed by atoms with E-state index in [1.165, 1.54) is 12.0 Å². The van der Waals surface area contributed by atoms with Crippen molar-refractivity contribution >= 4 is 5.78 Å². The van der Waals surface area contributed by atoms with Crippen molar-refractivity contribution in [3.63, 3.8) is 0 Å². The minimum absolute atomic E-state index is 0.0251. The van der Waals surface area contributed by atoms with E-state index in [1.807, 2.05) is 0 Å². The van der Waals surface area contributed by atoms with Gasteiger partial charge in [-0.15, -0.1) is 0 Å². The van der Waals surface area contributed by atoms with Crippen LogP contribution >= 0.6 is 0 Å². The van der Waals surface area contributed by atoms with Gasteiger partial charge in [-0.2, -0.15) is 0 Å². The van der Waals surface area contributed by atoms with Crippen molar-refractivity contribution in [3.8, 4) is 0 Å². The van der Waals surface area contributed by atoms with E-state index in [4.69, 9.17) is 0 Å². The van der Waals surface area contributed by atoms with Crippen LogP contribution < -0.4 is 0 Å². The first-order valence-corrected chi connectivity index (χ1v) is 9.30. The average molecular weight is 302 g/mol. The summed E-state index contributed by atoms with van der Waals surface area (Å²) in [7, 11) is 0. The van der Waals surface area contributed by atoms with Crippen LogP contribution in [0.4, 0.5) is 0 Å². The standard InChI is InChI=1S/C20H30O2/c1-12-14-5-4-13-15-6-7-18(22)20(15,3)10-8-16(13)19(14,2)11-9-17(12)21/h5,12-13,15-17,21H,4,6-11H2,1-3H3/t12?,13-,15-,16+,17?,19-,20-/m0/s1. The van der Waals surface area contributed by atoms with Crippen LogP contribution in [0.3, 0.4) is 0 Å². The van der Waals surface area contributed by atoms with Gasteiger partial charge >= 0.3 is 0 Å². The highest BCUT2D eigenvalue weighted by atomic mass is 16.3. The van der Waals surface area contributed by atoms with Crippen molar-refractivity contribution in [3.05, 3.63) is 11.6 Å². The molecular weight excluding hydrogens is 272 g/mol. The van der Waals surface area contributed by atoms with Crippen LogP contribution in [0.15, 0.2) is 11.6 Å². The zero-order valence-electron chi connectivity index (χ0n) is 14.3. The molecule has 0 bridgehead atoms. The Hall–Kier alpha value is -0.630. The lowest BCUT2D eigenvalue weighted by Crippen LogP contribution is -2.52. The molecule has 0 heterocycles. The van der Waals surface area contributed by atoms with Gasteiger partial charge in [0.1, 0.15) is 5.78 Å². The van der Waals surface area contributed by atoms with Gasteiger partial charge in [0, 0.05) is 17.8 Å². The molecule has 3 fully saturated rings. The molecule has 0 aromatic rings. The molecule has 0 saturated heterocycles. The number of carbonyl (C=O) groups is 1. The number of aliphatic hydroxyl groups excluding tert-OH is 1. The zero-order chi connectivity index (χ0) is 15.7. The SMILES string of the molecule is CC1C2=CC[C@@H]3[C@@H](CC[C@]4(C)C(=O)CC[C@@H]34)[C@@]2(C)CCC1O. The van der Waals surface area contributed by atoms with Gasteiger partial charge in [0.05, 0.1) is 6.10 Å². The molecule has 4 aliphatic rings. The van der Waals surface area contributed by atoms with Crippen molar-refractivity contribution in [2.45, 2.75) is 71.8 Å². The maximum absolute atomic E-state index is 12.4. The highest BCUT2D eigenvalue weighted by molar-refractivity contribution is 5.87. The Labute approximate surface area is 134 Å². The Bertz CT molecular complexity index is 536. The summed E-state index contributed by atoms with van der Waals surface area (Å²) in [4.78, 5) is 12.4. The van der Waals surface area contributed by atoms with Crippen molar-refractivity contribution in [2.75, 3.05) is 0 Å². The topological polar surface area (TPSA) is 37.3 Å². The number of Topliss-reactive ketones (excluding diaryl/α,β-unsaturated/α-hetero) is 1. The van der Waals surface area contributed by atoms with Crippen molar-refractivity contribution in [2.24, 2.45) is 34.5 Å².